The highest BCUT2D eigenvalue weighted by atomic mass is 79.9. The van der Waals surface area contributed by atoms with Gasteiger partial charge in [-0.25, -0.2) is 0 Å². The van der Waals surface area contributed by atoms with Crippen LogP contribution in [-0.2, 0) is 4.79 Å². The number of benzene rings is 1. The van der Waals surface area contributed by atoms with Crippen LogP contribution in [0.15, 0.2) is 22.7 Å². The van der Waals surface area contributed by atoms with Crippen LogP contribution in [0.1, 0.15) is 22.8 Å². The van der Waals surface area contributed by atoms with E-state index < -0.39 is 0 Å². The second kappa shape index (κ2) is 5.07. The summed E-state index contributed by atoms with van der Waals surface area (Å²) in [6, 6.07) is 5.47. The number of carbonyl (C=O) groups is 2. The van der Waals surface area contributed by atoms with Gasteiger partial charge in [0.05, 0.1) is 6.54 Å². The average Bonchev–Trinajstić information content (AvgIpc) is 2.18. The molecule has 0 aliphatic heterocycles. The third-order valence-corrected chi connectivity index (χ3v) is 2.44. The summed E-state index contributed by atoms with van der Waals surface area (Å²) in [5, 5.41) is 2.56. The molecule has 0 aliphatic carbocycles. The molecular weight excluding hydrogens is 258 g/mol. The first-order valence-corrected chi connectivity index (χ1v) is 5.34. The number of ketones is 1. The number of amides is 1. The first kappa shape index (κ1) is 11.9. The van der Waals surface area contributed by atoms with Crippen molar-refractivity contribution in [2.75, 3.05) is 6.54 Å². The van der Waals surface area contributed by atoms with Gasteiger partial charge in [0.1, 0.15) is 5.78 Å². The zero-order chi connectivity index (χ0) is 11.4. The Kier molecular flexibility index (Phi) is 4.03. The van der Waals surface area contributed by atoms with Crippen molar-refractivity contribution in [3.05, 3.63) is 33.8 Å². The third-order valence-electron chi connectivity index (χ3n) is 1.94. The molecule has 1 rings (SSSR count). The maximum Gasteiger partial charge on any atom is 0.251 e. The van der Waals surface area contributed by atoms with E-state index in [2.05, 4.69) is 21.2 Å². The lowest BCUT2D eigenvalue weighted by molar-refractivity contribution is -0.116. The summed E-state index contributed by atoms with van der Waals surface area (Å²) in [5.41, 5.74) is 1.48. The predicted molar refractivity (Wildman–Crippen MR) is 61.9 cm³/mol. The molecule has 0 saturated carbocycles. The first-order chi connectivity index (χ1) is 7.00. The number of aryl methyl sites for hydroxylation is 1. The Morgan fingerprint density at radius 1 is 1.40 bits per heavy atom. The molecule has 0 spiro atoms. The number of carbonyl (C=O) groups excluding carboxylic acids is 2. The minimum absolute atomic E-state index is 0.0593. The fourth-order valence-corrected chi connectivity index (χ4v) is 1.50. The first-order valence-electron chi connectivity index (χ1n) is 4.54. The highest BCUT2D eigenvalue weighted by Crippen LogP contribution is 2.15. The molecular formula is C11H12BrNO2. The molecule has 1 aromatic rings. The molecule has 0 aliphatic rings. The summed E-state index contributed by atoms with van der Waals surface area (Å²) in [5.74, 6) is -0.278. The Morgan fingerprint density at radius 2 is 2.07 bits per heavy atom. The average molecular weight is 270 g/mol. The normalized spacial score (nSPS) is 9.80. The quantitative estimate of drug-likeness (QED) is 0.914. The van der Waals surface area contributed by atoms with Gasteiger partial charge in [0, 0.05) is 10.0 Å². The van der Waals surface area contributed by atoms with Crippen molar-refractivity contribution in [1.82, 2.24) is 5.32 Å². The SMILES string of the molecule is CC(=O)CNC(=O)c1cc(Br)ccc1C. The molecule has 0 saturated heterocycles. The molecule has 80 valence electrons. The van der Waals surface area contributed by atoms with E-state index in [0.29, 0.717) is 5.56 Å². The molecule has 1 amide bonds. The highest BCUT2D eigenvalue weighted by molar-refractivity contribution is 9.10. The van der Waals surface area contributed by atoms with Crippen LogP contribution in [0.3, 0.4) is 0 Å². The van der Waals surface area contributed by atoms with Crippen molar-refractivity contribution < 1.29 is 9.59 Å². The molecule has 0 aromatic heterocycles. The summed E-state index contributed by atoms with van der Waals surface area (Å²) in [7, 11) is 0. The predicted octanol–water partition coefficient (Wildman–Crippen LogP) is 2.08. The summed E-state index contributed by atoms with van der Waals surface area (Å²) in [4.78, 5) is 22.3. The number of Topliss-reactive ketones (excluding diaryl/α,β-unsaturated/α-hetero) is 1. The van der Waals surface area contributed by atoms with Crippen molar-refractivity contribution >= 4 is 27.6 Å². The molecule has 1 N–H and O–H groups in total. The van der Waals surface area contributed by atoms with Crippen LogP contribution in [0.2, 0.25) is 0 Å². The Balaban J connectivity index is 2.81. The summed E-state index contributed by atoms with van der Waals surface area (Å²) in [6.07, 6.45) is 0. The van der Waals surface area contributed by atoms with Gasteiger partial charge >= 0.3 is 0 Å². The van der Waals surface area contributed by atoms with E-state index in [1.54, 1.807) is 6.07 Å². The largest absolute Gasteiger partial charge is 0.345 e. The smallest absolute Gasteiger partial charge is 0.251 e. The van der Waals surface area contributed by atoms with Gasteiger partial charge < -0.3 is 5.32 Å². The Bertz CT molecular complexity index is 402. The van der Waals surface area contributed by atoms with Gasteiger partial charge in [-0.05, 0) is 31.5 Å². The number of hydrogen-bond donors (Lipinski definition) is 1. The Morgan fingerprint density at radius 3 is 2.67 bits per heavy atom. The molecule has 15 heavy (non-hydrogen) atoms. The molecule has 0 unspecified atom stereocenters. The van der Waals surface area contributed by atoms with Gasteiger partial charge in [-0.2, -0.15) is 0 Å². The summed E-state index contributed by atoms with van der Waals surface area (Å²) >= 11 is 3.30. The minimum atomic E-state index is -0.219. The Hall–Kier alpha value is -1.16. The van der Waals surface area contributed by atoms with Gasteiger partial charge in [0.2, 0.25) is 0 Å². The fraction of sp³-hybridized carbons (Fsp3) is 0.273. The topological polar surface area (TPSA) is 46.2 Å². The molecule has 0 heterocycles. The van der Waals surface area contributed by atoms with Crippen molar-refractivity contribution in [2.45, 2.75) is 13.8 Å². The van der Waals surface area contributed by atoms with Crippen molar-refractivity contribution in [3.8, 4) is 0 Å². The summed E-state index contributed by atoms with van der Waals surface area (Å²) < 4.78 is 0.848. The van der Waals surface area contributed by atoms with Crippen LogP contribution in [0.25, 0.3) is 0 Å². The van der Waals surface area contributed by atoms with Crippen LogP contribution < -0.4 is 5.32 Å². The molecule has 0 atom stereocenters. The van der Waals surface area contributed by atoms with E-state index in [-0.39, 0.29) is 18.2 Å². The van der Waals surface area contributed by atoms with Crippen LogP contribution >= 0.6 is 15.9 Å². The number of hydrogen-bond acceptors (Lipinski definition) is 2. The van der Waals surface area contributed by atoms with E-state index in [9.17, 15) is 9.59 Å². The number of rotatable bonds is 3. The number of nitrogens with one attached hydrogen (secondary N) is 1. The maximum absolute atomic E-state index is 11.6. The van der Waals surface area contributed by atoms with Crippen molar-refractivity contribution in [1.29, 1.82) is 0 Å². The zero-order valence-electron chi connectivity index (χ0n) is 8.63. The molecule has 0 bridgehead atoms. The third kappa shape index (κ3) is 3.47. The van der Waals surface area contributed by atoms with E-state index in [0.717, 1.165) is 10.0 Å². The van der Waals surface area contributed by atoms with Crippen LogP contribution in [-0.4, -0.2) is 18.2 Å². The maximum atomic E-state index is 11.6. The second-order valence-electron chi connectivity index (χ2n) is 3.34. The van der Waals surface area contributed by atoms with Crippen LogP contribution in [0, 0.1) is 6.92 Å². The highest BCUT2D eigenvalue weighted by Gasteiger charge is 2.09. The van der Waals surface area contributed by atoms with Crippen molar-refractivity contribution in [2.24, 2.45) is 0 Å². The molecule has 1 aromatic carbocycles. The van der Waals surface area contributed by atoms with Gasteiger partial charge in [-0.3, -0.25) is 9.59 Å². The molecule has 3 nitrogen and oxygen atoms in total. The molecule has 4 heteroatoms. The van der Waals surface area contributed by atoms with Gasteiger partial charge in [-0.15, -0.1) is 0 Å². The molecule has 0 fully saturated rings. The van der Waals surface area contributed by atoms with E-state index >= 15 is 0 Å². The fourth-order valence-electron chi connectivity index (χ4n) is 1.14. The standard InChI is InChI=1S/C11H12BrNO2/c1-7-3-4-9(12)5-10(7)11(15)13-6-8(2)14/h3-5H,6H2,1-2H3,(H,13,15). The van der Waals surface area contributed by atoms with E-state index in [1.165, 1.54) is 6.92 Å². The lowest BCUT2D eigenvalue weighted by atomic mass is 10.1. The monoisotopic (exact) mass is 269 g/mol. The van der Waals surface area contributed by atoms with Gasteiger partial charge in [-0.1, -0.05) is 22.0 Å². The van der Waals surface area contributed by atoms with Gasteiger partial charge in [0.25, 0.3) is 5.91 Å². The van der Waals surface area contributed by atoms with Crippen molar-refractivity contribution in [3.63, 3.8) is 0 Å². The van der Waals surface area contributed by atoms with Crippen LogP contribution in [0.4, 0.5) is 0 Å². The van der Waals surface area contributed by atoms with Gasteiger partial charge in [0.15, 0.2) is 0 Å². The summed E-state index contributed by atoms with van der Waals surface area (Å²) in [6.45, 7) is 3.37. The zero-order valence-corrected chi connectivity index (χ0v) is 10.2. The lowest BCUT2D eigenvalue weighted by Crippen LogP contribution is -2.28. The molecule has 0 radical (unpaired) electrons. The number of halogens is 1. The van der Waals surface area contributed by atoms with Crippen LogP contribution in [0.5, 0.6) is 0 Å². The second-order valence-corrected chi connectivity index (χ2v) is 4.26. The minimum Gasteiger partial charge on any atom is -0.345 e. The lowest BCUT2D eigenvalue weighted by Gasteiger charge is -2.06. The van der Waals surface area contributed by atoms with E-state index in [4.69, 9.17) is 0 Å². The Labute approximate surface area is 97.0 Å². The van der Waals surface area contributed by atoms with E-state index in [1.807, 2.05) is 19.1 Å².